The Labute approximate surface area is 118 Å². The molecule has 2 aromatic rings. The van der Waals surface area contributed by atoms with E-state index in [1.165, 1.54) is 0 Å². The molecule has 0 aliphatic carbocycles. The largest absolute Gasteiger partial charge is 0.497 e. The van der Waals surface area contributed by atoms with Gasteiger partial charge in [0.2, 0.25) is 0 Å². The van der Waals surface area contributed by atoms with Crippen molar-refractivity contribution in [3.63, 3.8) is 0 Å². The third-order valence-electron chi connectivity index (χ3n) is 2.77. The van der Waals surface area contributed by atoms with Gasteiger partial charge in [-0.1, -0.05) is 0 Å². The predicted molar refractivity (Wildman–Crippen MR) is 78.1 cm³/mol. The second-order valence-electron chi connectivity index (χ2n) is 4.14. The normalized spacial score (nSPS) is 9.60. The van der Waals surface area contributed by atoms with Crippen molar-refractivity contribution in [1.29, 1.82) is 5.26 Å². The van der Waals surface area contributed by atoms with Crippen LogP contribution in [0.15, 0.2) is 48.5 Å². The van der Waals surface area contributed by atoms with E-state index >= 15 is 0 Å². The number of ether oxygens (including phenoxy) is 2. The van der Waals surface area contributed by atoms with Gasteiger partial charge >= 0.3 is 0 Å². The van der Waals surface area contributed by atoms with Crippen molar-refractivity contribution < 1.29 is 9.47 Å². The minimum absolute atomic E-state index is 0.554. The summed E-state index contributed by atoms with van der Waals surface area (Å²) in [5, 5.41) is 12.0. The standard InChI is InChI=1S/C16H16N2O2/c1-19-15-8-4-14(5-9-15)18-10-11-20-16-6-2-13(12-17)3-7-16/h2-9,18H,10-11H2,1H3. The number of benzene rings is 2. The zero-order chi connectivity index (χ0) is 14.2. The van der Waals surface area contributed by atoms with Crippen LogP contribution in [0.1, 0.15) is 5.56 Å². The van der Waals surface area contributed by atoms with Crippen molar-refractivity contribution in [3.05, 3.63) is 54.1 Å². The molecule has 0 unspecified atom stereocenters. The first-order valence-corrected chi connectivity index (χ1v) is 6.33. The molecular formula is C16H16N2O2. The summed E-state index contributed by atoms with van der Waals surface area (Å²) in [5.74, 6) is 1.60. The number of hydrogen-bond acceptors (Lipinski definition) is 4. The van der Waals surface area contributed by atoms with Gasteiger partial charge in [0, 0.05) is 12.2 Å². The van der Waals surface area contributed by atoms with Crippen LogP contribution in [0.25, 0.3) is 0 Å². The number of hydrogen-bond donors (Lipinski definition) is 1. The molecule has 20 heavy (non-hydrogen) atoms. The molecule has 0 heterocycles. The quantitative estimate of drug-likeness (QED) is 0.818. The summed E-state index contributed by atoms with van der Waals surface area (Å²) in [6.07, 6.45) is 0. The Kier molecular flexibility index (Phi) is 4.85. The summed E-state index contributed by atoms with van der Waals surface area (Å²) < 4.78 is 10.7. The number of nitrogens with zero attached hydrogens (tertiary/aromatic N) is 1. The van der Waals surface area contributed by atoms with Gasteiger partial charge in [-0.2, -0.15) is 5.26 Å². The fraction of sp³-hybridized carbons (Fsp3) is 0.188. The van der Waals surface area contributed by atoms with Gasteiger partial charge in [0.1, 0.15) is 18.1 Å². The Morgan fingerprint density at radius 1 is 1.00 bits per heavy atom. The molecule has 0 saturated heterocycles. The monoisotopic (exact) mass is 268 g/mol. The van der Waals surface area contributed by atoms with Crippen molar-refractivity contribution >= 4 is 5.69 Å². The zero-order valence-electron chi connectivity index (χ0n) is 11.3. The van der Waals surface area contributed by atoms with Crippen LogP contribution >= 0.6 is 0 Å². The molecule has 0 bridgehead atoms. The molecule has 0 aliphatic heterocycles. The van der Waals surface area contributed by atoms with E-state index in [1.807, 2.05) is 24.3 Å². The molecule has 0 amide bonds. The van der Waals surface area contributed by atoms with Crippen molar-refractivity contribution in [2.75, 3.05) is 25.6 Å². The average Bonchev–Trinajstić information content (AvgIpc) is 2.53. The number of nitriles is 1. The molecule has 4 nitrogen and oxygen atoms in total. The maximum absolute atomic E-state index is 8.70. The predicted octanol–water partition coefficient (Wildman–Crippen LogP) is 3.06. The van der Waals surface area contributed by atoms with Crippen LogP contribution in [0.2, 0.25) is 0 Å². The van der Waals surface area contributed by atoms with Crippen LogP contribution in [-0.2, 0) is 0 Å². The van der Waals surface area contributed by atoms with E-state index in [0.29, 0.717) is 18.7 Å². The second-order valence-corrected chi connectivity index (χ2v) is 4.14. The molecule has 0 radical (unpaired) electrons. The van der Waals surface area contributed by atoms with Gasteiger partial charge in [0.05, 0.1) is 18.7 Å². The lowest BCUT2D eigenvalue weighted by molar-refractivity contribution is 0.333. The zero-order valence-corrected chi connectivity index (χ0v) is 11.3. The van der Waals surface area contributed by atoms with Crippen LogP contribution in [0.3, 0.4) is 0 Å². The fourth-order valence-electron chi connectivity index (χ4n) is 1.70. The lowest BCUT2D eigenvalue weighted by atomic mass is 10.2. The smallest absolute Gasteiger partial charge is 0.119 e. The molecule has 2 rings (SSSR count). The highest BCUT2D eigenvalue weighted by Gasteiger charge is 1.96. The van der Waals surface area contributed by atoms with Crippen molar-refractivity contribution in [2.24, 2.45) is 0 Å². The summed E-state index contributed by atoms with van der Waals surface area (Å²) in [6.45, 7) is 1.25. The summed E-state index contributed by atoms with van der Waals surface area (Å²) in [5.41, 5.74) is 1.66. The third-order valence-corrected chi connectivity index (χ3v) is 2.77. The summed E-state index contributed by atoms with van der Waals surface area (Å²) in [4.78, 5) is 0. The Hall–Kier alpha value is -2.67. The lowest BCUT2D eigenvalue weighted by Gasteiger charge is -2.09. The van der Waals surface area contributed by atoms with E-state index < -0.39 is 0 Å². The summed E-state index contributed by atoms with van der Waals surface area (Å²) in [6, 6.07) is 16.9. The highest BCUT2D eigenvalue weighted by molar-refractivity contribution is 5.46. The fourth-order valence-corrected chi connectivity index (χ4v) is 1.70. The van der Waals surface area contributed by atoms with Gasteiger partial charge in [-0.3, -0.25) is 0 Å². The van der Waals surface area contributed by atoms with Crippen LogP contribution in [0, 0.1) is 11.3 Å². The summed E-state index contributed by atoms with van der Waals surface area (Å²) in [7, 11) is 1.65. The van der Waals surface area contributed by atoms with Gasteiger partial charge in [-0.25, -0.2) is 0 Å². The summed E-state index contributed by atoms with van der Waals surface area (Å²) >= 11 is 0. The number of methoxy groups -OCH3 is 1. The first-order chi connectivity index (χ1) is 9.81. The van der Waals surface area contributed by atoms with Gasteiger partial charge in [-0.15, -0.1) is 0 Å². The average molecular weight is 268 g/mol. The van der Waals surface area contributed by atoms with Gasteiger partial charge in [0.25, 0.3) is 0 Å². The Balaban J connectivity index is 1.74. The second kappa shape index (κ2) is 7.05. The molecular weight excluding hydrogens is 252 g/mol. The first kappa shape index (κ1) is 13.8. The third kappa shape index (κ3) is 3.92. The van der Waals surface area contributed by atoms with E-state index in [2.05, 4.69) is 11.4 Å². The number of rotatable bonds is 6. The van der Waals surface area contributed by atoms with Crippen molar-refractivity contribution in [2.45, 2.75) is 0 Å². The highest BCUT2D eigenvalue weighted by Crippen LogP contribution is 2.15. The minimum Gasteiger partial charge on any atom is -0.497 e. The Bertz CT molecular complexity index is 571. The highest BCUT2D eigenvalue weighted by atomic mass is 16.5. The van der Waals surface area contributed by atoms with Crippen LogP contribution in [0.5, 0.6) is 11.5 Å². The van der Waals surface area contributed by atoms with E-state index in [-0.39, 0.29) is 0 Å². The molecule has 2 aromatic carbocycles. The van der Waals surface area contributed by atoms with Crippen molar-refractivity contribution in [3.8, 4) is 17.6 Å². The van der Waals surface area contributed by atoms with Gasteiger partial charge < -0.3 is 14.8 Å². The van der Waals surface area contributed by atoms with E-state index in [4.69, 9.17) is 14.7 Å². The molecule has 1 N–H and O–H groups in total. The molecule has 0 atom stereocenters. The van der Waals surface area contributed by atoms with E-state index in [0.717, 1.165) is 17.2 Å². The Morgan fingerprint density at radius 3 is 2.25 bits per heavy atom. The van der Waals surface area contributed by atoms with Crippen LogP contribution in [0.4, 0.5) is 5.69 Å². The lowest BCUT2D eigenvalue weighted by Crippen LogP contribution is -2.11. The van der Waals surface area contributed by atoms with Gasteiger partial charge in [-0.05, 0) is 48.5 Å². The Morgan fingerprint density at radius 2 is 1.65 bits per heavy atom. The van der Waals surface area contributed by atoms with E-state index in [1.54, 1.807) is 31.4 Å². The molecule has 102 valence electrons. The molecule has 4 heteroatoms. The van der Waals surface area contributed by atoms with E-state index in [9.17, 15) is 0 Å². The number of nitrogens with one attached hydrogen (secondary N) is 1. The van der Waals surface area contributed by atoms with Crippen LogP contribution in [-0.4, -0.2) is 20.3 Å². The SMILES string of the molecule is COc1ccc(NCCOc2ccc(C#N)cc2)cc1. The van der Waals surface area contributed by atoms with Gasteiger partial charge in [0.15, 0.2) is 0 Å². The molecule has 0 aliphatic rings. The topological polar surface area (TPSA) is 54.3 Å². The maximum Gasteiger partial charge on any atom is 0.119 e. The first-order valence-electron chi connectivity index (χ1n) is 6.33. The molecule has 0 fully saturated rings. The number of anilines is 1. The molecule has 0 saturated carbocycles. The minimum atomic E-state index is 0.554. The maximum atomic E-state index is 8.70. The van der Waals surface area contributed by atoms with Crippen LogP contribution < -0.4 is 14.8 Å². The van der Waals surface area contributed by atoms with Crippen molar-refractivity contribution in [1.82, 2.24) is 0 Å². The molecule has 0 aromatic heterocycles. The molecule has 0 spiro atoms.